The van der Waals surface area contributed by atoms with Crippen molar-refractivity contribution >= 4 is 11.9 Å². The first kappa shape index (κ1) is 16.1. The number of urea groups is 1. The van der Waals surface area contributed by atoms with Gasteiger partial charge in [0.15, 0.2) is 0 Å². The molecule has 1 heterocycles. The van der Waals surface area contributed by atoms with Crippen molar-refractivity contribution in [2.45, 2.75) is 57.5 Å². The minimum atomic E-state index is -0.230. The van der Waals surface area contributed by atoms with Crippen molar-refractivity contribution in [2.75, 3.05) is 19.6 Å². The van der Waals surface area contributed by atoms with Gasteiger partial charge < -0.3 is 21.3 Å². The monoisotopic (exact) mass is 296 g/mol. The predicted molar refractivity (Wildman–Crippen MR) is 82.0 cm³/mol. The van der Waals surface area contributed by atoms with Gasteiger partial charge in [-0.25, -0.2) is 4.79 Å². The van der Waals surface area contributed by atoms with E-state index < -0.39 is 0 Å². The van der Waals surface area contributed by atoms with E-state index in [0.717, 1.165) is 32.4 Å². The van der Waals surface area contributed by atoms with E-state index in [4.69, 9.17) is 0 Å². The number of nitrogens with one attached hydrogen (secondary N) is 4. The Kier molecular flexibility index (Phi) is 6.29. The first-order valence-corrected chi connectivity index (χ1v) is 8.19. The largest absolute Gasteiger partial charge is 0.350 e. The van der Waals surface area contributed by atoms with Crippen LogP contribution in [0.3, 0.4) is 0 Å². The van der Waals surface area contributed by atoms with E-state index in [1.165, 1.54) is 19.3 Å². The second kappa shape index (κ2) is 8.22. The third kappa shape index (κ3) is 5.53. The lowest BCUT2D eigenvalue weighted by Gasteiger charge is -2.30. The number of piperidine rings is 1. The van der Waals surface area contributed by atoms with Gasteiger partial charge in [-0.3, -0.25) is 4.79 Å². The molecule has 2 rings (SSSR count). The third-order valence-electron chi connectivity index (χ3n) is 4.52. The summed E-state index contributed by atoms with van der Waals surface area (Å²) in [4.78, 5) is 23.6. The molecule has 1 aliphatic carbocycles. The van der Waals surface area contributed by atoms with E-state index >= 15 is 0 Å². The summed E-state index contributed by atoms with van der Waals surface area (Å²) in [6, 6.07) is 0.200. The Morgan fingerprint density at radius 2 is 1.86 bits per heavy atom. The number of hydrogen-bond donors (Lipinski definition) is 4. The fraction of sp³-hybridized carbons (Fsp3) is 0.867. The number of carbonyl (C=O) groups excluding carboxylic acids is 2. The molecule has 0 aromatic heterocycles. The highest BCUT2D eigenvalue weighted by Gasteiger charge is 2.22. The average Bonchev–Trinajstić information content (AvgIpc) is 2.49. The van der Waals surface area contributed by atoms with Gasteiger partial charge in [-0.15, -0.1) is 0 Å². The van der Waals surface area contributed by atoms with Crippen LogP contribution < -0.4 is 21.3 Å². The lowest BCUT2D eigenvalue weighted by Crippen LogP contribution is -2.53. The molecule has 3 amide bonds. The predicted octanol–water partition coefficient (Wildman–Crippen LogP) is 0.733. The topological polar surface area (TPSA) is 82.3 Å². The first-order valence-electron chi connectivity index (χ1n) is 8.19. The van der Waals surface area contributed by atoms with E-state index in [1.54, 1.807) is 0 Å². The van der Waals surface area contributed by atoms with Gasteiger partial charge in [0.1, 0.15) is 0 Å². The van der Waals surface area contributed by atoms with Crippen molar-refractivity contribution in [3.63, 3.8) is 0 Å². The highest BCUT2D eigenvalue weighted by molar-refractivity contribution is 5.84. The zero-order valence-electron chi connectivity index (χ0n) is 12.9. The van der Waals surface area contributed by atoms with E-state index in [0.29, 0.717) is 5.92 Å². The molecule has 6 heteroatoms. The molecule has 0 bridgehead atoms. The molecule has 6 nitrogen and oxygen atoms in total. The molecule has 2 atom stereocenters. The Balaban J connectivity index is 1.62. The van der Waals surface area contributed by atoms with E-state index in [9.17, 15) is 9.59 Å². The van der Waals surface area contributed by atoms with Crippen LogP contribution in [-0.4, -0.2) is 43.7 Å². The maximum atomic E-state index is 11.9. The molecule has 0 aromatic carbocycles. The third-order valence-corrected chi connectivity index (χ3v) is 4.52. The normalized spacial score (nSPS) is 26.9. The van der Waals surface area contributed by atoms with Crippen LogP contribution in [0.4, 0.5) is 4.79 Å². The molecule has 1 saturated heterocycles. The Labute approximate surface area is 126 Å². The second-order valence-electron chi connectivity index (χ2n) is 6.31. The Hall–Kier alpha value is -1.30. The molecule has 120 valence electrons. The van der Waals surface area contributed by atoms with Crippen molar-refractivity contribution < 1.29 is 9.59 Å². The lowest BCUT2D eigenvalue weighted by molar-refractivity contribution is -0.121. The maximum Gasteiger partial charge on any atom is 0.315 e. The highest BCUT2D eigenvalue weighted by Crippen LogP contribution is 2.17. The number of carbonyl (C=O) groups is 2. The van der Waals surface area contributed by atoms with Crippen LogP contribution in [0.25, 0.3) is 0 Å². The Bertz CT molecular complexity index is 356. The van der Waals surface area contributed by atoms with Gasteiger partial charge in [-0.2, -0.15) is 0 Å². The minimum absolute atomic E-state index is 0.0434. The molecule has 1 saturated carbocycles. The van der Waals surface area contributed by atoms with Crippen molar-refractivity contribution in [3.05, 3.63) is 0 Å². The Morgan fingerprint density at radius 1 is 1.10 bits per heavy atom. The number of rotatable bonds is 4. The number of hydrogen-bond acceptors (Lipinski definition) is 3. The summed E-state index contributed by atoms with van der Waals surface area (Å²) in [5.41, 5.74) is 0. The van der Waals surface area contributed by atoms with Crippen LogP contribution >= 0.6 is 0 Å². The molecule has 0 radical (unpaired) electrons. The zero-order chi connectivity index (χ0) is 15.1. The summed E-state index contributed by atoms with van der Waals surface area (Å²) in [6.07, 6.45) is 6.78. The van der Waals surface area contributed by atoms with Crippen LogP contribution in [0, 0.1) is 5.92 Å². The fourth-order valence-corrected chi connectivity index (χ4v) is 3.08. The second-order valence-corrected chi connectivity index (χ2v) is 6.31. The SMILES string of the molecule is CC1CCNCC1NC(=O)CNC(=O)NC1CCCCC1. The maximum absolute atomic E-state index is 11.9. The van der Waals surface area contributed by atoms with Crippen LogP contribution in [0.15, 0.2) is 0 Å². The molecule has 2 aliphatic rings. The molecule has 21 heavy (non-hydrogen) atoms. The van der Waals surface area contributed by atoms with Gasteiger partial charge in [0, 0.05) is 18.6 Å². The molecule has 0 aromatic rings. The van der Waals surface area contributed by atoms with Crippen LogP contribution in [0.2, 0.25) is 0 Å². The van der Waals surface area contributed by atoms with E-state index in [1.807, 2.05) is 0 Å². The van der Waals surface area contributed by atoms with Crippen LogP contribution in [-0.2, 0) is 4.79 Å². The van der Waals surface area contributed by atoms with Gasteiger partial charge >= 0.3 is 6.03 Å². The van der Waals surface area contributed by atoms with Gasteiger partial charge in [0.05, 0.1) is 6.54 Å². The fourth-order valence-electron chi connectivity index (χ4n) is 3.08. The molecule has 2 fully saturated rings. The summed E-state index contributed by atoms with van der Waals surface area (Å²) >= 11 is 0. The zero-order valence-corrected chi connectivity index (χ0v) is 12.9. The van der Waals surface area contributed by atoms with Gasteiger partial charge in [-0.1, -0.05) is 26.2 Å². The molecule has 1 aliphatic heterocycles. The highest BCUT2D eigenvalue weighted by atomic mass is 16.2. The number of amides is 3. The minimum Gasteiger partial charge on any atom is -0.350 e. The summed E-state index contributed by atoms with van der Waals surface area (Å²) < 4.78 is 0. The summed E-state index contributed by atoms with van der Waals surface area (Å²) in [5, 5.41) is 11.9. The molecular weight excluding hydrogens is 268 g/mol. The molecule has 4 N–H and O–H groups in total. The van der Waals surface area contributed by atoms with Crippen molar-refractivity contribution in [1.82, 2.24) is 21.3 Å². The average molecular weight is 296 g/mol. The first-order chi connectivity index (χ1) is 10.1. The van der Waals surface area contributed by atoms with Gasteiger partial charge in [0.2, 0.25) is 5.91 Å². The van der Waals surface area contributed by atoms with Crippen LogP contribution in [0.1, 0.15) is 45.4 Å². The van der Waals surface area contributed by atoms with Crippen molar-refractivity contribution in [3.8, 4) is 0 Å². The molecular formula is C15H28N4O2. The van der Waals surface area contributed by atoms with Crippen molar-refractivity contribution in [1.29, 1.82) is 0 Å². The van der Waals surface area contributed by atoms with E-state index in [2.05, 4.69) is 28.2 Å². The summed E-state index contributed by atoms with van der Waals surface area (Å²) in [7, 11) is 0. The smallest absolute Gasteiger partial charge is 0.315 e. The summed E-state index contributed by atoms with van der Waals surface area (Å²) in [5.74, 6) is 0.362. The van der Waals surface area contributed by atoms with Gasteiger partial charge in [0.25, 0.3) is 0 Å². The molecule has 0 spiro atoms. The van der Waals surface area contributed by atoms with Crippen molar-refractivity contribution in [2.24, 2.45) is 5.92 Å². The standard InChI is InChI=1S/C15H28N4O2/c1-11-7-8-16-9-13(11)19-14(20)10-17-15(21)18-12-5-3-2-4-6-12/h11-13,16H,2-10H2,1H3,(H,19,20)(H2,17,18,21). The lowest BCUT2D eigenvalue weighted by atomic mass is 9.95. The molecule has 2 unspecified atom stereocenters. The summed E-state index contributed by atoms with van der Waals surface area (Å²) in [6.45, 7) is 4.01. The Morgan fingerprint density at radius 3 is 2.57 bits per heavy atom. The van der Waals surface area contributed by atoms with Crippen LogP contribution in [0.5, 0.6) is 0 Å². The van der Waals surface area contributed by atoms with Gasteiger partial charge in [-0.05, 0) is 31.7 Å². The van der Waals surface area contributed by atoms with E-state index in [-0.39, 0.29) is 30.6 Å². The quantitative estimate of drug-likeness (QED) is 0.617.